The molecule has 168 valence electrons. The summed E-state index contributed by atoms with van der Waals surface area (Å²) in [5.41, 5.74) is -0.145. The van der Waals surface area contributed by atoms with E-state index in [1.165, 1.54) is 6.92 Å². The van der Waals surface area contributed by atoms with Crippen LogP contribution < -0.4 is 16.2 Å². The summed E-state index contributed by atoms with van der Waals surface area (Å²) in [5.74, 6) is -1.87. The van der Waals surface area contributed by atoms with E-state index in [1.54, 1.807) is 43.0 Å². The van der Waals surface area contributed by atoms with Gasteiger partial charge in [-0.15, -0.1) is 0 Å². The summed E-state index contributed by atoms with van der Waals surface area (Å²) in [4.78, 5) is 58.9. The molecule has 1 aromatic carbocycles. The van der Waals surface area contributed by atoms with E-state index in [1.807, 2.05) is 13.8 Å². The zero-order valence-electron chi connectivity index (χ0n) is 17.7. The molecule has 0 aliphatic rings. The topological polar surface area (TPSA) is 170 Å². The average Bonchev–Trinajstić information content (AvgIpc) is 3.32. The van der Waals surface area contributed by atoms with Gasteiger partial charge in [0.1, 0.15) is 17.4 Å². The van der Waals surface area contributed by atoms with Crippen LogP contribution in [0.2, 0.25) is 0 Å². The van der Waals surface area contributed by atoms with E-state index >= 15 is 0 Å². The largest absolute Gasteiger partial charge is 0.477 e. The summed E-state index contributed by atoms with van der Waals surface area (Å²) in [6.45, 7) is 5.00. The van der Waals surface area contributed by atoms with Gasteiger partial charge in [-0.05, 0) is 30.2 Å². The van der Waals surface area contributed by atoms with Gasteiger partial charge in [-0.3, -0.25) is 14.4 Å². The molecule has 0 spiro atoms. The molecule has 0 aliphatic carbocycles. The van der Waals surface area contributed by atoms with E-state index in [4.69, 9.17) is 5.11 Å². The Kier molecular flexibility index (Phi) is 8.40. The maximum atomic E-state index is 12.3. The van der Waals surface area contributed by atoms with Crippen molar-refractivity contribution in [2.24, 2.45) is 5.92 Å². The number of aromatic carboxylic acids is 1. The third-order valence-electron chi connectivity index (χ3n) is 4.17. The number of nitrogens with zero attached hydrogens (tertiary/aromatic N) is 2. The van der Waals surface area contributed by atoms with E-state index < -0.39 is 23.1 Å². The van der Waals surface area contributed by atoms with Gasteiger partial charge in [0.05, 0.1) is 6.33 Å². The van der Waals surface area contributed by atoms with Crippen LogP contribution in [-0.2, 0) is 9.59 Å². The van der Waals surface area contributed by atoms with E-state index in [2.05, 4.69) is 30.6 Å². The SMILES string of the molecule is CC(=O)N[C@@H](C(=O)Nc1ccc(-c2ncc(C(=O)O)c(=O)[nH]2)cc1)C(C)C.c1c[nH]cn1. The Morgan fingerprint density at radius 1 is 1.12 bits per heavy atom. The number of anilines is 1. The lowest BCUT2D eigenvalue weighted by Gasteiger charge is -2.21. The molecule has 1 atom stereocenters. The highest BCUT2D eigenvalue weighted by molar-refractivity contribution is 5.97. The molecule has 0 unspecified atom stereocenters. The molecule has 0 bridgehead atoms. The number of carbonyl (C=O) groups is 3. The van der Waals surface area contributed by atoms with Gasteiger partial charge < -0.3 is 25.7 Å². The summed E-state index contributed by atoms with van der Waals surface area (Å²) < 4.78 is 0. The molecule has 3 aromatic rings. The Bertz CT molecular complexity index is 1090. The zero-order chi connectivity index (χ0) is 23.7. The molecule has 11 nitrogen and oxygen atoms in total. The molecule has 0 saturated carbocycles. The molecule has 5 N–H and O–H groups in total. The molecule has 0 fully saturated rings. The van der Waals surface area contributed by atoms with E-state index in [-0.39, 0.29) is 23.6 Å². The van der Waals surface area contributed by atoms with Crippen molar-refractivity contribution in [2.75, 3.05) is 5.32 Å². The summed E-state index contributed by atoms with van der Waals surface area (Å²) in [6.07, 6.45) is 6.08. The van der Waals surface area contributed by atoms with Crippen molar-refractivity contribution in [2.45, 2.75) is 26.8 Å². The van der Waals surface area contributed by atoms with E-state index in [0.29, 0.717) is 11.3 Å². The first kappa shape index (κ1) is 24.0. The third kappa shape index (κ3) is 6.90. The van der Waals surface area contributed by atoms with Crippen LogP contribution >= 0.6 is 0 Å². The fourth-order valence-electron chi connectivity index (χ4n) is 2.59. The number of hydrogen-bond acceptors (Lipinski definition) is 6. The Hall–Kier alpha value is -4.28. The van der Waals surface area contributed by atoms with Gasteiger partial charge in [-0.25, -0.2) is 14.8 Å². The van der Waals surface area contributed by atoms with Crippen LogP contribution in [0.4, 0.5) is 5.69 Å². The highest BCUT2D eigenvalue weighted by Crippen LogP contribution is 2.18. The van der Waals surface area contributed by atoms with Gasteiger partial charge in [0.25, 0.3) is 5.56 Å². The van der Waals surface area contributed by atoms with Crippen LogP contribution in [0.1, 0.15) is 31.1 Å². The average molecular weight is 440 g/mol. The van der Waals surface area contributed by atoms with Crippen LogP contribution in [0.15, 0.2) is 54.0 Å². The summed E-state index contributed by atoms with van der Waals surface area (Å²) >= 11 is 0. The van der Waals surface area contributed by atoms with Crippen LogP contribution in [-0.4, -0.2) is 48.9 Å². The second kappa shape index (κ2) is 11.2. The van der Waals surface area contributed by atoms with Gasteiger partial charge >= 0.3 is 5.97 Å². The molecule has 0 radical (unpaired) electrons. The maximum Gasteiger partial charge on any atom is 0.342 e. The Balaban J connectivity index is 0.000000636. The summed E-state index contributed by atoms with van der Waals surface area (Å²) in [7, 11) is 0. The number of benzene rings is 1. The van der Waals surface area contributed by atoms with Gasteiger partial charge in [0.15, 0.2) is 0 Å². The number of rotatable bonds is 6. The van der Waals surface area contributed by atoms with Crippen molar-refractivity contribution in [3.8, 4) is 11.4 Å². The molecular weight excluding hydrogens is 416 g/mol. The van der Waals surface area contributed by atoms with Crippen molar-refractivity contribution >= 4 is 23.5 Å². The van der Waals surface area contributed by atoms with Crippen LogP contribution in [0.25, 0.3) is 11.4 Å². The highest BCUT2D eigenvalue weighted by Gasteiger charge is 2.23. The molecule has 11 heteroatoms. The maximum absolute atomic E-state index is 12.3. The number of aromatic nitrogens is 4. The number of carboxylic acid groups (broad SMARTS) is 1. The minimum atomic E-state index is -1.35. The second-order valence-electron chi connectivity index (χ2n) is 7.03. The molecule has 2 aromatic heterocycles. The smallest absolute Gasteiger partial charge is 0.342 e. The standard InChI is InChI=1S/C18H20N4O5.C3H4N2/c1-9(2)14(20-10(3)23)17(25)21-12-6-4-11(5-7-12)15-19-8-13(18(26)27)16(24)22-15;1-2-5-3-4-1/h4-9,14H,1-3H3,(H,20,23)(H,21,25)(H,26,27)(H,19,22,24);1-3H,(H,4,5)/t14-;/m1./s1. The molecule has 2 heterocycles. The number of nitrogens with one attached hydrogen (secondary N) is 4. The molecule has 0 aliphatic heterocycles. The number of carboxylic acids is 1. The van der Waals surface area contributed by atoms with Crippen LogP contribution in [0.5, 0.6) is 0 Å². The van der Waals surface area contributed by atoms with E-state index in [0.717, 1.165) is 6.20 Å². The van der Waals surface area contributed by atoms with Crippen molar-refractivity contribution in [3.63, 3.8) is 0 Å². The zero-order valence-corrected chi connectivity index (χ0v) is 17.7. The fraction of sp³-hybridized carbons (Fsp3) is 0.238. The Morgan fingerprint density at radius 3 is 2.25 bits per heavy atom. The lowest BCUT2D eigenvalue weighted by atomic mass is 10.0. The molecule has 3 rings (SSSR count). The first-order chi connectivity index (χ1) is 15.2. The third-order valence-corrected chi connectivity index (χ3v) is 4.17. The summed E-state index contributed by atoms with van der Waals surface area (Å²) in [6, 6.07) is 5.81. The van der Waals surface area contributed by atoms with Crippen molar-refractivity contribution < 1.29 is 19.5 Å². The predicted molar refractivity (Wildman–Crippen MR) is 117 cm³/mol. The summed E-state index contributed by atoms with van der Waals surface area (Å²) in [5, 5.41) is 14.2. The molecule has 32 heavy (non-hydrogen) atoms. The molecule has 2 amide bonds. The van der Waals surface area contributed by atoms with Crippen LogP contribution in [0, 0.1) is 5.92 Å². The number of carbonyl (C=O) groups excluding carboxylic acids is 2. The van der Waals surface area contributed by atoms with E-state index in [9.17, 15) is 19.2 Å². The van der Waals surface area contributed by atoms with Gasteiger partial charge in [-0.1, -0.05) is 13.8 Å². The number of hydrogen-bond donors (Lipinski definition) is 5. The van der Waals surface area contributed by atoms with Gasteiger partial charge in [0.2, 0.25) is 11.8 Å². The van der Waals surface area contributed by atoms with Crippen molar-refractivity contribution in [1.29, 1.82) is 0 Å². The quantitative estimate of drug-likeness (QED) is 0.388. The minimum absolute atomic E-state index is 0.0878. The number of aromatic amines is 2. The van der Waals surface area contributed by atoms with Crippen molar-refractivity contribution in [3.05, 3.63) is 65.1 Å². The number of H-pyrrole nitrogens is 2. The number of amides is 2. The number of imidazole rings is 1. The monoisotopic (exact) mass is 440 g/mol. The van der Waals surface area contributed by atoms with Gasteiger partial charge in [-0.2, -0.15) is 0 Å². The lowest BCUT2D eigenvalue weighted by molar-refractivity contribution is -0.126. The predicted octanol–water partition coefficient (Wildman–Crippen LogP) is 1.64. The molecule has 0 saturated heterocycles. The molecular formula is C21H24N6O5. The normalized spacial score (nSPS) is 11.1. The highest BCUT2D eigenvalue weighted by atomic mass is 16.4. The second-order valence-corrected chi connectivity index (χ2v) is 7.03. The van der Waals surface area contributed by atoms with Gasteiger partial charge in [0, 0.05) is 36.8 Å². The van der Waals surface area contributed by atoms with Crippen molar-refractivity contribution in [1.82, 2.24) is 25.3 Å². The minimum Gasteiger partial charge on any atom is -0.477 e. The first-order valence-corrected chi connectivity index (χ1v) is 9.62. The fourth-order valence-corrected chi connectivity index (χ4v) is 2.59. The Morgan fingerprint density at radius 2 is 1.81 bits per heavy atom. The lowest BCUT2D eigenvalue weighted by Crippen LogP contribution is -2.46. The first-order valence-electron chi connectivity index (χ1n) is 9.62. The van der Waals surface area contributed by atoms with Crippen LogP contribution in [0.3, 0.4) is 0 Å². The Labute approximate surface area is 183 Å².